The number of hydrogen-bond acceptors (Lipinski definition) is 2. The van der Waals surface area contributed by atoms with Gasteiger partial charge in [-0.05, 0) is 69.1 Å². The number of pyridine rings is 1. The molecule has 2 heterocycles. The van der Waals surface area contributed by atoms with Crippen LogP contribution in [-0.4, -0.2) is 15.4 Å². The maximum absolute atomic E-state index is 5.43. The smallest absolute Gasteiger partial charge is 0.247 e. The van der Waals surface area contributed by atoms with Crippen molar-refractivity contribution in [2.75, 3.05) is 0 Å². The Balaban J connectivity index is 1.22. The van der Waals surface area contributed by atoms with Crippen LogP contribution >= 0.6 is 0 Å². The Kier molecular flexibility index (Phi) is 6.56. The fourth-order valence-corrected chi connectivity index (χ4v) is 7.64. The van der Waals surface area contributed by atoms with Gasteiger partial charge in [-0.1, -0.05) is 140 Å². The van der Waals surface area contributed by atoms with Crippen LogP contribution in [0.5, 0.6) is 0 Å². The lowest BCUT2D eigenvalue weighted by atomic mass is 9.92. The van der Waals surface area contributed by atoms with E-state index in [0.717, 1.165) is 44.6 Å². The van der Waals surface area contributed by atoms with E-state index in [9.17, 15) is 0 Å². The molecule has 0 radical (unpaired) electrons. The molecule has 1 aromatic heterocycles. The van der Waals surface area contributed by atoms with E-state index < -0.39 is 0 Å². The topological polar surface area (TPSA) is 27.9 Å². The van der Waals surface area contributed by atoms with Crippen LogP contribution in [-0.2, 0) is 0 Å². The molecule has 0 saturated carbocycles. The zero-order valence-corrected chi connectivity index (χ0v) is 27.3. The largest absolute Gasteiger partial charge is 0.289 e. The summed E-state index contributed by atoms with van der Waals surface area (Å²) in [7, 11) is 0. The molecule has 0 fully saturated rings. The Bertz CT molecular complexity index is 2780. The lowest BCUT2D eigenvalue weighted by Gasteiger charge is -2.30. The first-order valence-corrected chi connectivity index (χ1v) is 17.2. The summed E-state index contributed by atoms with van der Waals surface area (Å²) >= 11 is 0. The number of rotatable bonds is 5. The van der Waals surface area contributed by atoms with E-state index >= 15 is 0 Å². The number of nitrogens with zero attached hydrogens (tertiary/aromatic N) is 2. The SMILES string of the molecule is c1ccc(-c2nc3cc([N+]4=C(c5ccc6ccccc6c5)NC4c4ccc5ccccc5c4)ccc3c3c(-c4ccccc4)cccc23)cc1. The van der Waals surface area contributed by atoms with Crippen LogP contribution in [0.1, 0.15) is 17.3 Å². The highest BCUT2D eigenvalue weighted by molar-refractivity contribution is 6.17. The minimum Gasteiger partial charge on any atom is -0.247 e. The molecule has 8 aromatic carbocycles. The van der Waals surface area contributed by atoms with Gasteiger partial charge in [-0.2, -0.15) is 4.58 Å². The molecule has 3 heteroatoms. The second-order valence-electron chi connectivity index (χ2n) is 13.1. The molecule has 0 saturated heterocycles. The van der Waals surface area contributed by atoms with Crippen LogP contribution in [0.25, 0.3) is 65.6 Å². The normalized spacial score (nSPS) is 14.3. The monoisotopic (exact) mass is 638 g/mol. The molecule has 50 heavy (non-hydrogen) atoms. The van der Waals surface area contributed by atoms with Crippen LogP contribution in [0.4, 0.5) is 5.69 Å². The van der Waals surface area contributed by atoms with Gasteiger partial charge >= 0.3 is 0 Å². The molecule has 9 aromatic rings. The van der Waals surface area contributed by atoms with Gasteiger partial charge in [0.2, 0.25) is 0 Å². The van der Waals surface area contributed by atoms with E-state index in [-0.39, 0.29) is 6.17 Å². The summed E-state index contributed by atoms with van der Waals surface area (Å²) in [5.41, 5.74) is 8.96. The molecular weight excluding hydrogens is 607 g/mol. The molecule has 1 aliphatic heterocycles. The zero-order valence-electron chi connectivity index (χ0n) is 27.3. The fourth-order valence-electron chi connectivity index (χ4n) is 7.64. The maximum atomic E-state index is 5.43. The lowest BCUT2D eigenvalue weighted by molar-refractivity contribution is -0.531. The van der Waals surface area contributed by atoms with E-state index in [4.69, 9.17) is 4.98 Å². The molecule has 10 rings (SSSR count). The van der Waals surface area contributed by atoms with Gasteiger partial charge in [0, 0.05) is 33.4 Å². The summed E-state index contributed by atoms with van der Waals surface area (Å²) in [6, 6.07) is 65.3. The maximum Gasteiger partial charge on any atom is 0.289 e. The van der Waals surface area contributed by atoms with Gasteiger partial charge in [0.25, 0.3) is 12.0 Å². The average Bonchev–Trinajstić information content (AvgIpc) is 3.17. The predicted molar refractivity (Wildman–Crippen MR) is 208 cm³/mol. The molecule has 234 valence electrons. The van der Waals surface area contributed by atoms with Gasteiger partial charge in [-0.3, -0.25) is 0 Å². The van der Waals surface area contributed by atoms with E-state index in [1.807, 2.05) is 0 Å². The second-order valence-corrected chi connectivity index (χ2v) is 13.1. The highest BCUT2D eigenvalue weighted by Crippen LogP contribution is 2.41. The number of fused-ring (bicyclic) bond motifs is 5. The van der Waals surface area contributed by atoms with Crippen molar-refractivity contribution in [2.45, 2.75) is 6.17 Å². The summed E-state index contributed by atoms with van der Waals surface area (Å²) in [6.07, 6.45) is -0.0348. The Morgan fingerprint density at radius 1 is 0.460 bits per heavy atom. The van der Waals surface area contributed by atoms with E-state index in [2.05, 4.69) is 192 Å². The van der Waals surface area contributed by atoms with Crippen LogP contribution in [0.3, 0.4) is 0 Å². The lowest BCUT2D eigenvalue weighted by Crippen LogP contribution is -2.51. The third kappa shape index (κ3) is 4.67. The predicted octanol–water partition coefficient (Wildman–Crippen LogP) is 11.4. The number of nitrogens with one attached hydrogen (secondary N) is 1. The summed E-state index contributed by atoms with van der Waals surface area (Å²) < 4.78 is 2.44. The molecule has 1 aliphatic rings. The molecule has 1 unspecified atom stereocenters. The minimum absolute atomic E-state index is 0.0348. The number of aromatic nitrogens is 1. The highest BCUT2D eigenvalue weighted by atomic mass is 15.3. The van der Waals surface area contributed by atoms with Crippen molar-refractivity contribution in [3.8, 4) is 22.4 Å². The van der Waals surface area contributed by atoms with Gasteiger partial charge < -0.3 is 0 Å². The standard InChI is InChI=1S/C47H31N3/c1-3-14-33(15-4-1)40-20-11-21-42-44(40)41-27-26-39(30-43(41)48-45(42)34-16-5-2-6-17-34)50-46(37-24-22-31-12-7-9-18-35(31)28-37)49-47(50)38-25-23-32-13-8-10-19-36(32)29-38/h1-30,46H/p+1. The van der Waals surface area contributed by atoms with Crippen LogP contribution < -0.4 is 5.32 Å². The zero-order chi connectivity index (χ0) is 33.0. The van der Waals surface area contributed by atoms with Crippen molar-refractivity contribution < 1.29 is 4.58 Å². The molecule has 0 spiro atoms. The van der Waals surface area contributed by atoms with Crippen LogP contribution in [0.2, 0.25) is 0 Å². The minimum atomic E-state index is -0.0348. The molecular formula is C47H32N3+. The average molecular weight is 639 g/mol. The van der Waals surface area contributed by atoms with Crippen molar-refractivity contribution >= 4 is 54.7 Å². The van der Waals surface area contributed by atoms with Gasteiger partial charge in [-0.25, -0.2) is 10.3 Å². The Hall–Kier alpha value is -6.58. The molecule has 0 amide bonds. The molecule has 3 nitrogen and oxygen atoms in total. The summed E-state index contributed by atoms with van der Waals surface area (Å²) in [6.45, 7) is 0. The first kappa shape index (κ1) is 28.4. The van der Waals surface area contributed by atoms with E-state index in [0.29, 0.717) is 0 Å². The third-order valence-corrected chi connectivity index (χ3v) is 10.1. The first-order chi connectivity index (χ1) is 24.8. The van der Waals surface area contributed by atoms with Gasteiger partial charge in [-0.15, -0.1) is 0 Å². The Morgan fingerprint density at radius 3 is 1.88 bits per heavy atom. The molecule has 0 aliphatic carbocycles. The number of hydrogen-bond donors (Lipinski definition) is 1. The summed E-state index contributed by atoms with van der Waals surface area (Å²) in [4.78, 5) is 5.43. The van der Waals surface area contributed by atoms with Crippen molar-refractivity contribution in [2.24, 2.45) is 0 Å². The van der Waals surface area contributed by atoms with Crippen molar-refractivity contribution in [1.29, 1.82) is 0 Å². The fraction of sp³-hybridized carbons (Fsp3) is 0.0213. The Morgan fingerprint density at radius 2 is 1.12 bits per heavy atom. The van der Waals surface area contributed by atoms with Crippen molar-refractivity contribution in [3.63, 3.8) is 0 Å². The molecule has 1 atom stereocenters. The second kappa shape index (κ2) is 11.5. The number of benzene rings is 8. The first-order valence-electron chi connectivity index (χ1n) is 17.2. The van der Waals surface area contributed by atoms with Crippen molar-refractivity contribution in [1.82, 2.24) is 10.3 Å². The van der Waals surface area contributed by atoms with Gasteiger partial charge in [0.15, 0.2) is 0 Å². The van der Waals surface area contributed by atoms with Gasteiger partial charge in [0.1, 0.15) is 5.69 Å². The van der Waals surface area contributed by atoms with Crippen LogP contribution in [0.15, 0.2) is 182 Å². The van der Waals surface area contributed by atoms with Crippen LogP contribution in [0, 0.1) is 0 Å². The highest BCUT2D eigenvalue weighted by Gasteiger charge is 2.41. The molecule has 1 N–H and O–H groups in total. The quantitative estimate of drug-likeness (QED) is 0.150. The summed E-state index contributed by atoms with van der Waals surface area (Å²) in [5.74, 6) is 1.09. The van der Waals surface area contributed by atoms with E-state index in [1.54, 1.807) is 0 Å². The summed E-state index contributed by atoms with van der Waals surface area (Å²) in [5, 5.41) is 12.3. The Labute approximate surface area is 290 Å². The van der Waals surface area contributed by atoms with Gasteiger partial charge in [0.05, 0.1) is 16.8 Å². The van der Waals surface area contributed by atoms with Crippen molar-refractivity contribution in [3.05, 3.63) is 193 Å². The molecule has 0 bridgehead atoms. The van der Waals surface area contributed by atoms with E-state index in [1.165, 1.54) is 43.6 Å². The third-order valence-electron chi connectivity index (χ3n) is 10.1. The number of amidine groups is 1.